The topological polar surface area (TPSA) is 69.9 Å². The number of thioether (sulfide) groups is 1. The molecule has 4 rings (SSSR count). The monoisotopic (exact) mass is 408 g/mol. The zero-order valence-corrected chi connectivity index (χ0v) is 16.4. The maximum atomic E-state index is 13.1. The second-order valence-electron chi connectivity index (χ2n) is 6.28. The summed E-state index contributed by atoms with van der Waals surface area (Å²) in [6, 6.07) is 13.8. The highest BCUT2D eigenvalue weighted by atomic mass is 32.2. The number of rotatable bonds is 6. The van der Waals surface area contributed by atoms with E-state index >= 15 is 0 Å². The van der Waals surface area contributed by atoms with Crippen LogP contribution >= 0.6 is 11.8 Å². The van der Waals surface area contributed by atoms with Crippen molar-refractivity contribution in [3.63, 3.8) is 0 Å². The fraction of sp³-hybridized carbons (Fsp3) is 0.143. The van der Waals surface area contributed by atoms with Crippen molar-refractivity contribution in [3.05, 3.63) is 88.2 Å². The van der Waals surface area contributed by atoms with E-state index in [9.17, 15) is 9.18 Å². The lowest BCUT2D eigenvalue weighted by molar-refractivity contribution is 0.414. The second-order valence-corrected chi connectivity index (χ2v) is 7.22. The van der Waals surface area contributed by atoms with E-state index in [2.05, 4.69) is 15.0 Å². The van der Waals surface area contributed by atoms with Gasteiger partial charge in [0.15, 0.2) is 16.3 Å². The summed E-state index contributed by atoms with van der Waals surface area (Å²) < 4.78 is 19.9. The highest BCUT2D eigenvalue weighted by Crippen LogP contribution is 2.22. The molecule has 8 heteroatoms. The van der Waals surface area contributed by atoms with Crippen LogP contribution in [0.4, 0.5) is 4.39 Å². The lowest BCUT2D eigenvalue weighted by atomic mass is 10.2. The number of fused-ring (bicyclic) bond motifs is 1. The first-order chi connectivity index (χ1) is 14.1. The normalized spacial score (nSPS) is 11.0. The summed E-state index contributed by atoms with van der Waals surface area (Å²) in [5.74, 6) is 1.00. The Bertz CT molecular complexity index is 1190. The van der Waals surface area contributed by atoms with Gasteiger partial charge in [0.25, 0.3) is 5.56 Å². The van der Waals surface area contributed by atoms with Gasteiger partial charge in [-0.2, -0.15) is 0 Å². The van der Waals surface area contributed by atoms with Crippen LogP contribution in [0.25, 0.3) is 11.2 Å². The molecule has 2 heterocycles. The number of hydrogen-bond acceptors (Lipinski definition) is 6. The Morgan fingerprint density at radius 2 is 1.69 bits per heavy atom. The van der Waals surface area contributed by atoms with Crippen molar-refractivity contribution in [2.75, 3.05) is 7.11 Å². The third-order valence-electron chi connectivity index (χ3n) is 4.34. The van der Waals surface area contributed by atoms with Crippen LogP contribution in [-0.2, 0) is 12.3 Å². The molecule has 2 aromatic carbocycles. The Kier molecular flexibility index (Phi) is 5.53. The van der Waals surface area contributed by atoms with Gasteiger partial charge in [-0.1, -0.05) is 36.0 Å². The van der Waals surface area contributed by atoms with E-state index in [1.54, 1.807) is 23.8 Å². The first kappa shape index (κ1) is 19.1. The van der Waals surface area contributed by atoms with Gasteiger partial charge in [0.2, 0.25) is 0 Å². The SMILES string of the molecule is COc1ccc(Cn2c(SCc3ccc(F)cc3)nc3nccnc3c2=O)cc1. The van der Waals surface area contributed by atoms with E-state index in [4.69, 9.17) is 4.74 Å². The molecular formula is C21H17FN4O2S. The molecule has 0 amide bonds. The quantitative estimate of drug-likeness (QED) is 0.358. The summed E-state index contributed by atoms with van der Waals surface area (Å²) in [7, 11) is 1.61. The molecule has 146 valence electrons. The average Bonchev–Trinajstić information content (AvgIpc) is 2.76. The summed E-state index contributed by atoms with van der Waals surface area (Å²) in [6.07, 6.45) is 2.99. The van der Waals surface area contributed by atoms with Gasteiger partial charge in [-0.3, -0.25) is 9.36 Å². The fourth-order valence-corrected chi connectivity index (χ4v) is 3.76. The van der Waals surface area contributed by atoms with Crippen molar-refractivity contribution < 1.29 is 9.13 Å². The molecule has 0 fully saturated rings. The minimum absolute atomic E-state index is 0.229. The van der Waals surface area contributed by atoms with Crippen LogP contribution in [0.3, 0.4) is 0 Å². The molecule has 2 aromatic heterocycles. The highest BCUT2D eigenvalue weighted by Gasteiger charge is 2.14. The van der Waals surface area contributed by atoms with E-state index in [0.717, 1.165) is 16.9 Å². The van der Waals surface area contributed by atoms with Gasteiger partial charge < -0.3 is 4.74 Å². The van der Waals surface area contributed by atoms with Gasteiger partial charge in [0.1, 0.15) is 11.6 Å². The maximum absolute atomic E-state index is 13.1. The molecule has 0 aliphatic heterocycles. The number of aromatic nitrogens is 4. The molecule has 0 saturated heterocycles. The van der Waals surface area contributed by atoms with Crippen molar-refractivity contribution in [2.45, 2.75) is 17.5 Å². The summed E-state index contributed by atoms with van der Waals surface area (Å²) in [6.45, 7) is 0.341. The molecule has 0 bridgehead atoms. The number of nitrogens with zero attached hydrogens (tertiary/aromatic N) is 4. The van der Waals surface area contributed by atoms with Crippen LogP contribution in [0.2, 0.25) is 0 Å². The number of methoxy groups -OCH3 is 1. The minimum Gasteiger partial charge on any atom is -0.497 e. The third kappa shape index (κ3) is 4.27. The van der Waals surface area contributed by atoms with Gasteiger partial charge in [0, 0.05) is 18.1 Å². The summed E-state index contributed by atoms with van der Waals surface area (Å²) in [5.41, 5.74) is 2.15. The molecule has 0 spiro atoms. The molecule has 0 aliphatic carbocycles. The van der Waals surface area contributed by atoms with Gasteiger partial charge in [0.05, 0.1) is 13.7 Å². The van der Waals surface area contributed by atoms with E-state index in [0.29, 0.717) is 23.1 Å². The van der Waals surface area contributed by atoms with Crippen LogP contribution in [0.1, 0.15) is 11.1 Å². The Morgan fingerprint density at radius 1 is 1.00 bits per heavy atom. The Hall–Kier alpha value is -3.26. The van der Waals surface area contributed by atoms with Crippen LogP contribution in [0.15, 0.2) is 70.9 Å². The zero-order chi connectivity index (χ0) is 20.2. The Morgan fingerprint density at radius 3 is 2.41 bits per heavy atom. The predicted octanol–water partition coefficient (Wildman–Crippen LogP) is 3.67. The van der Waals surface area contributed by atoms with Crippen molar-refractivity contribution >= 4 is 22.9 Å². The first-order valence-corrected chi connectivity index (χ1v) is 9.84. The van der Waals surface area contributed by atoms with Crippen molar-refractivity contribution in [2.24, 2.45) is 0 Å². The smallest absolute Gasteiger partial charge is 0.282 e. The lowest BCUT2D eigenvalue weighted by Gasteiger charge is -2.13. The molecule has 0 unspecified atom stereocenters. The molecule has 6 nitrogen and oxygen atoms in total. The van der Waals surface area contributed by atoms with Gasteiger partial charge in [-0.25, -0.2) is 19.3 Å². The second kappa shape index (κ2) is 8.40. The van der Waals surface area contributed by atoms with Crippen molar-refractivity contribution in [1.29, 1.82) is 0 Å². The van der Waals surface area contributed by atoms with Gasteiger partial charge in [-0.05, 0) is 35.4 Å². The van der Waals surface area contributed by atoms with Crippen LogP contribution in [0.5, 0.6) is 5.75 Å². The maximum Gasteiger partial charge on any atom is 0.282 e. The zero-order valence-electron chi connectivity index (χ0n) is 15.6. The van der Waals surface area contributed by atoms with Crippen molar-refractivity contribution in [3.8, 4) is 5.75 Å². The van der Waals surface area contributed by atoms with Crippen LogP contribution in [0, 0.1) is 5.82 Å². The number of halogens is 1. The predicted molar refractivity (Wildman–Crippen MR) is 110 cm³/mol. The molecular weight excluding hydrogens is 391 g/mol. The molecule has 0 N–H and O–H groups in total. The summed E-state index contributed by atoms with van der Waals surface area (Å²) in [4.78, 5) is 25.9. The number of hydrogen-bond donors (Lipinski definition) is 0. The van der Waals surface area contributed by atoms with E-state index < -0.39 is 0 Å². The fourth-order valence-electron chi connectivity index (χ4n) is 2.82. The van der Waals surface area contributed by atoms with E-state index in [-0.39, 0.29) is 16.9 Å². The largest absolute Gasteiger partial charge is 0.497 e. The van der Waals surface area contributed by atoms with E-state index in [1.807, 2.05) is 24.3 Å². The van der Waals surface area contributed by atoms with Crippen LogP contribution < -0.4 is 10.3 Å². The third-order valence-corrected chi connectivity index (χ3v) is 5.39. The average molecular weight is 408 g/mol. The molecule has 0 aliphatic rings. The Labute approximate surface area is 170 Å². The molecule has 0 radical (unpaired) electrons. The standard InChI is InChI=1S/C21H17FN4O2S/c1-28-17-8-4-14(5-9-17)12-26-20(27)18-19(24-11-10-23-18)25-21(26)29-13-15-2-6-16(22)7-3-15/h2-11H,12-13H2,1H3. The summed E-state index contributed by atoms with van der Waals surface area (Å²) >= 11 is 1.40. The van der Waals surface area contributed by atoms with Crippen LogP contribution in [-0.4, -0.2) is 26.6 Å². The molecule has 29 heavy (non-hydrogen) atoms. The molecule has 0 saturated carbocycles. The Balaban J connectivity index is 1.71. The molecule has 0 atom stereocenters. The lowest BCUT2D eigenvalue weighted by Crippen LogP contribution is -2.25. The highest BCUT2D eigenvalue weighted by molar-refractivity contribution is 7.98. The minimum atomic E-state index is -0.283. The number of ether oxygens (including phenoxy) is 1. The van der Waals surface area contributed by atoms with Gasteiger partial charge >= 0.3 is 0 Å². The number of benzene rings is 2. The van der Waals surface area contributed by atoms with Gasteiger partial charge in [-0.15, -0.1) is 0 Å². The summed E-state index contributed by atoms with van der Waals surface area (Å²) in [5, 5.41) is 0.531. The first-order valence-electron chi connectivity index (χ1n) is 8.86. The van der Waals surface area contributed by atoms with E-state index in [1.165, 1.54) is 36.3 Å². The van der Waals surface area contributed by atoms with Crippen molar-refractivity contribution in [1.82, 2.24) is 19.5 Å². The molecule has 4 aromatic rings.